The highest BCUT2D eigenvalue weighted by Gasteiger charge is 2.20. The molecule has 0 saturated carbocycles. The van der Waals surface area contributed by atoms with E-state index in [1.807, 2.05) is 13.8 Å². The molecule has 4 heteroatoms. The summed E-state index contributed by atoms with van der Waals surface area (Å²) < 4.78 is 0. The first-order valence-corrected chi connectivity index (χ1v) is 4.88. The minimum absolute atomic E-state index is 0.170. The first-order chi connectivity index (χ1) is 6.57. The molecule has 0 aromatic carbocycles. The minimum atomic E-state index is -0.952. The quantitative estimate of drug-likeness (QED) is 0.775. The van der Waals surface area contributed by atoms with Crippen LogP contribution < -0.4 is 0 Å². The zero-order valence-electron chi connectivity index (χ0n) is 8.79. The Morgan fingerprint density at radius 3 is 2.64 bits per heavy atom. The molecule has 1 heterocycles. The molecule has 0 bridgehead atoms. The number of H-pyrrole nitrogens is 1. The lowest BCUT2D eigenvalue weighted by Crippen LogP contribution is -2.04. The van der Waals surface area contributed by atoms with E-state index in [0.29, 0.717) is 0 Å². The zero-order valence-corrected chi connectivity index (χ0v) is 8.79. The molecule has 0 aliphatic carbocycles. The van der Waals surface area contributed by atoms with Crippen LogP contribution >= 0.6 is 0 Å². The molecule has 4 nitrogen and oxygen atoms in total. The number of carbonyl (C=O) groups is 1. The molecule has 0 unspecified atom stereocenters. The third kappa shape index (κ3) is 1.95. The normalized spacial score (nSPS) is 10.9. The van der Waals surface area contributed by atoms with Gasteiger partial charge in [-0.2, -0.15) is 5.10 Å². The molecule has 1 aromatic rings. The predicted molar refractivity (Wildman–Crippen MR) is 53.6 cm³/mol. The van der Waals surface area contributed by atoms with E-state index in [1.54, 1.807) is 0 Å². The summed E-state index contributed by atoms with van der Waals surface area (Å²) in [6, 6.07) is 0. The smallest absolute Gasteiger partial charge is 0.356 e. The number of hydrogen-bond acceptors (Lipinski definition) is 2. The van der Waals surface area contributed by atoms with Crippen molar-refractivity contribution in [1.82, 2.24) is 10.2 Å². The lowest BCUT2D eigenvalue weighted by Gasteiger charge is -2.06. The van der Waals surface area contributed by atoms with Gasteiger partial charge in [0, 0.05) is 11.3 Å². The van der Waals surface area contributed by atoms with E-state index in [2.05, 4.69) is 17.1 Å². The summed E-state index contributed by atoms with van der Waals surface area (Å²) in [6.07, 6.45) is 1.84. The summed E-state index contributed by atoms with van der Waals surface area (Å²) in [5.41, 5.74) is 1.97. The van der Waals surface area contributed by atoms with Crippen molar-refractivity contribution in [3.05, 3.63) is 17.0 Å². The number of aromatic nitrogens is 2. The van der Waals surface area contributed by atoms with Gasteiger partial charge in [-0.25, -0.2) is 4.79 Å². The van der Waals surface area contributed by atoms with Gasteiger partial charge in [0.25, 0.3) is 0 Å². The predicted octanol–water partition coefficient (Wildman–Crippen LogP) is 2.18. The highest BCUT2D eigenvalue weighted by Crippen LogP contribution is 2.22. The minimum Gasteiger partial charge on any atom is -0.476 e. The average Bonchev–Trinajstić information content (AvgIpc) is 2.48. The van der Waals surface area contributed by atoms with Crippen LogP contribution in [0, 0.1) is 0 Å². The lowest BCUT2D eigenvalue weighted by molar-refractivity contribution is 0.0689. The molecule has 0 aliphatic heterocycles. The van der Waals surface area contributed by atoms with Gasteiger partial charge >= 0.3 is 5.97 Å². The van der Waals surface area contributed by atoms with Crippen LogP contribution in [0.15, 0.2) is 0 Å². The molecule has 78 valence electrons. The van der Waals surface area contributed by atoms with Crippen molar-refractivity contribution in [2.24, 2.45) is 0 Å². The average molecular weight is 196 g/mol. The van der Waals surface area contributed by atoms with Crippen LogP contribution in [0.1, 0.15) is 54.9 Å². The van der Waals surface area contributed by atoms with E-state index >= 15 is 0 Å². The molecule has 14 heavy (non-hydrogen) atoms. The number of nitrogens with zero attached hydrogens (tertiary/aromatic N) is 1. The standard InChI is InChI=1S/C10H16N2O2/c1-4-5-7-8(6(2)3)9(10(13)14)12-11-7/h6H,4-5H2,1-3H3,(H,11,12)(H,13,14). The summed E-state index contributed by atoms with van der Waals surface area (Å²) in [5, 5.41) is 15.6. The van der Waals surface area contributed by atoms with E-state index in [9.17, 15) is 4.79 Å². The van der Waals surface area contributed by atoms with Crippen LogP contribution in [-0.4, -0.2) is 21.3 Å². The van der Waals surface area contributed by atoms with Gasteiger partial charge in [-0.15, -0.1) is 0 Å². The van der Waals surface area contributed by atoms with E-state index < -0.39 is 5.97 Å². The van der Waals surface area contributed by atoms with Crippen molar-refractivity contribution < 1.29 is 9.90 Å². The molecule has 1 aromatic heterocycles. The molecule has 0 radical (unpaired) electrons. The number of aryl methyl sites for hydroxylation is 1. The van der Waals surface area contributed by atoms with Crippen molar-refractivity contribution in [2.75, 3.05) is 0 Å². The van der Waals surface area contributed by atoms with Gasteiger partial charge in [-0.3, -0.25) is 5.10 Å². The Hall–Kier alpha value is -1.32. The lowest BCUT2D eigenvalue weighted by atomic mass is 9.98. The van der Waals surface area contributed by atoms with Crippen LogP contribution in [0.5, 0.6) is 0 Å². The largest absolute Gasteiger partial charge is 0.476 e. The van der Waals surface area contributed by atoms with E-state index in [-0.39, 0.29) is 11.6 Å². The van der Waals surface area contributed by atoms with Crippen LogP contribution in [-0.2, 0) is 6.42 Å². The maximum atomic E-state index is 10.9. The molecule has 0 fully saturated rings. The van der Waals surface area contributed by atoms with Crippen LogP contribution in [0.3, 0.4) is 0 Å². The molecule has 0 atom stereocenters. The van der Waals surface area contributed by atoms with Crippen LogP contribution in [0.2, 0.25) is 0 Å². The number of aromatic amines is 1. The molecule has 0 aliphatic rings. The molecule has 0 amide bonds. The van der Waals surface area contributed by atoms with Gasteiger partial charge < -0.3 is 5.11 Å². The Morgan fingerprint density at radius 2 is 2.21 bits per heavy atom. The second kappa shape index (κ2) is 4.26. The maximum absolute atomic E-state index is 10.9. The molecular formula is C10H16N2O2. The second-order valence-electron chi connectivity index (χ2n) is 3.67. The number of nitrogens with one attached hydrogen (secondary N) is 1. The number of carboxylic acids is 1. The first kappa shape index (κ1) is 10.8. The fourth-order valence-electron chi connectivity index (χ4n) is 1.61. The Bertz CT molecular complexity index is 329. The molecule has 1 rings (SSSR count). The Morgan fingerprint density at radius 1 is 1.57 bits per heavy atom. The Balaban J connectivity index is 3.13. The van der Waals surface area contributed by atoms with Gasteiger partial charge in [0.15, 0.2) is 5.69 Å². The molecule has 0 saturated heterocycles. The number of rotatable bonds is 4. The summed E-state index contributed by atoms with van der Waals surface area (Å²) in [7, 11) is 0. The van der Waals surface area contributed by atoms with Gasteiger partial charge in [0.05, 0.1) is 0 Å². The fraction of sp³-hybridized carbons (Fsp3) is 0.600. The van der Waals surface area contributed by atoms with Gasteiger partial charge in [-0.05, 0) is 12.3 Å². The Kier molecular flexibility index (Phi) is 3.28. The van der Waals surface area contributed by atoms with Gasteiger partial charge in [0.1, 0.15) is 0 Å². The van der Waals surface area contributed by atoms with Gasteiger partial charge in [0.2, 0.25) is 0 Å². The first-order valence-electron chi connectivity index (χ1n) is 4.88. The van der Waals surface area contributed by atoms with E-state index in [1.165, 1.54) is 0 Å². The van der Waals surface area contributed by atoms with Crippen molar-refractivity contribution in [1.29, 1.82) is 0 Å². The summed E-state index contributed by atoms with van der Waals surface area (Å²) in [5.74, 6) is -0.756. The molecule has 0 spiro atoms. The van der Waals surface area contributed by atoms with Gasteiger partial charge in [-0.1, -0.05) is 27.2 Å². The number of hydrogen-bond donors (Lipinski definition) is 2. The summed E-state index contributed by atoms with van der Waals surface area (Å²) >= 11 is 0. The summed E-state index contributed by atoms with van der Waals surface area (Å²) in [4.78, 5) is 10.9. The van der Waals surface area contributed by atoms with Crippen molar-refractivity contribution >= 4 is 5.97 Å². The SMILES string of the molecule is CCCc1[nH]nc(C(=O)O)c1C(C)C. The Labute approximate surface area is 83.3 Å². The van der Waals surface area contributed by atoms with Crippen molar-refractivity contribution in [3.63, 3.8) is 0 Å². The van der Waals surface area contributed by atoms with Crippen LogP contribution in [0.4, 0.5) is 0 Å². The second-order valence-corrected chi connectivity index (χ2v) is 3.67. The van der Waals surface area contributed by atoms with E-state index in [4.69, 9.17) is 5.11 Å². The highest BCUT2D eigenvalue weighted by molar-refractivity contribution is 5.87. The van der Waals surface area contributed by atoms with E-state index in [0.717, 1.165) is 24.1 Å². The third-order valence-electron chi connectivity index (χ3n) is 2.16. The molecular weight excluding hydrogens is 180 g/mol. The van der Waals surface area contributed by atoms with Crippen molar-refractivity contribution in [3.8, 4) is 0 Å². The number of aromatic carboxylic acids is 1. The fourth-order valence-corrected chi connectivity index (χ4v) is 1.61. The summed E-state index contributed by atoms with van der Waals surface area (Å²) in [6.45, 7) is 6.03. The monoisotopic (exact) mass is 196 g/mol. The molecule has 2 N–H and O–H groups in total. The number of carboxylic acid groups (broad SMARTS) is 1. The maximum Gasteiger partial charge on any atom is 0.356 e. The zero-order chi connectivity index (χ0) is 10.7. The van der Waals surface area contributed by atoms with Crippen molar-refractivity contribution in [2.45, 2.75) is 39.5 Å². The topological polar surface area (TPSA) is 66.0 Å². The van der Waals surface area contributed by atoms with Crippen LogP contribution in [0.25, 0.3) is 0 Å². The highest BCUT2D eigenvalue weighted by atomic mass is 16.4. The third-order valence-corrected chi connectivity index (χ3v) is 2.16.